The number of allylic oxidation sites excluding steroid dienone is 1. The van der Waals surface area contributed by atoms with Crippen molar-refractivity contribution in [1.29, 1.82) is 0 Å². The van der Waals surface area contributed by atoms with E-state index in [2.05, 4.69) is 6.92 Å². The highest BCUT2D eigenvalue weighted by molar-refractivity contribution is 6.22. The van der Waals surface area contributed by atoms with Gasteiger partial charge in [-0.15, -0.1) is 0 Å². The van der Waals surface area contributed by atoms with Crippen molar-refractivity contribution < 1.29 is 9.59 Å². The summed E-state index contributed by atoms with van der Waals surface area (Å²) in [5.74, 6) is -0.423. The normalized spacial score (nSPS) is 14.1. The first kappa shape index (κ1) is 16.5. The summed E-state index contributed by atoms with van der Waals surface area (Å²) in [6.07, 6.45) is 13.4. The van der Waals surface area contributed by atoms with Crippen molar-refractivity contribution in [2.45, 2.75) is 58.3 Å². The highest BCUT2D eigenvalue weighted by atomic mass is 16.2. The van der Waals surface area contributed by atoms with Crippen molar-refractivity contribution in [3.05, 3.63) is 47.7 Å². The molecular weight excluding hydrogens is 274 g/mol. The number of carbonyl (C=O) groups excluding carboxylic acids is 2. The smallest absolute Gasteiger partial charge is 0.265 e. The van der Waals surface area contributed by atoms with Crippen LogP contribution in [0.15, 0.2) is 36.5 Å². The molecule has 0 N–H and O–H groups in total. The number of nitrogens with zero attached hydrogens (tertiary/aromatic N) is 1. The van der Waals surface area contributed by atoms with Crippen molar-refractivity contribution >= 4 is 11.8 Å². The number of hydrogen-bond acceptors (Lipinski definition) is 2. The Morgan fingerprint density at radius 3 is 2.00 bits per heavy atom. The van der Waals surface area contributed by atoms with Crippen molar-refractivity contribution in [2.24, 2.45) is 0 Å². The van der Waals surface area contributed by atoms with E-state index in [1.807, 2.05) is 6.08 Å². The van der Waals surface area contributed by atoms with E-state index < -0.39 is 0 Å². The molecule has 2 rings (SSSR count). The lowest BCUT2D eigenvalue weighted by Crippen LogP contribution is -2.23. The van der Waals surface area contributed by atoms with Crippen LogP contribution in [0.4, 0.5) is 0 Å². The van der Waals surface area contributed by atoms with Gasteiger partial charge in [0.2, 0.25) is 0 Å². The molecule has 1 aromatic rings. The van der Waals surface area contributed by atoms with E-state index in [1.54, 1.807) is 30.5 Å². The fourth-order valence-corrected chi connectivity index (χ4v) is 2.74. The minimum Gasteiger partial charge on any atom is -0.268 e. The van der Waals surface area contributed by atoms with E-state index in [9.17, 15) is 9.59 Å². The van der Waals surface area contributed by atoms with Crippen LogP contribution in [0.25, 0.3) is 0 Å². The highest BCUT2D eigenvalue weighted by Gasteiger charge is 2.33. The number of rotatable bonds is 9. The van der Waals surface area contributed by atoms with Crippen molar-refractivity contribution in [3.63, 3.8) is 0 Å². The largest absolute Gasteiger partial charge is 0.268 e. The van der Waals surface area contributed by atoms with Crippen LogP contribution in [0.1, 0.15) is 79.0 Å². The fraction of sp³-hybridized carbons (Fsp3) is 0.474. The third kappa shape index (κ3) is 4.06. The zero-order chi connectivity index (χ0) is 15.8. The van der Waals surface area contributed by atoms with Crippen molar-refractivity contribution in [1.82, 2.24) is 4.90 Å². The van der Waals surface area contributed by atoms with Gasteiger partial charge in [-0.05, 0) is 25.0 Å². The molecule has 2 amide bonds. The van der Waals surface area contributed by atoms with Crippen LogP contribution in [0.2, 0.25) is 0 Å². The van der Waals surface area contributed by atoms with Gasteiger partial charge in [0.15, 0.2) is 0 Å². The van der Waals surface area contributed by atoms with E-state index in [0.717, 1.165) is 12.8 Å². The van der Waals surface area contributed by atoms with Gasteiger partial charge in [-0.1, -0.05) is 63.7 Å². The number of fused-ring (bicyclic) bond motifs is 1. The Bertz CT molecular complexity index is 513. The zero-order valence-corrected chi connectivity index (χ0v) is 13.4. The van der Waals surface area contributed by atoms with Crippen LogP contribution in [0, 0.1) is 0 Å². The summed E-state index contributed by atoms with van der Waals surface area (Å²) in [4.78, 5) is 25.5. The molecule has 0 bridgehead atoms. The Morgan fingerprint density at radius 1 is 0.864 bits per heavy atom. The van der Waals surface area contributed by atoms with Crippen LogP contribution in [0.3, 0.4) is 0 Å². The van der Waals surface area contributed by atoms with Crippen molar-refractivity contribution in [3.8, 4) is 0 Å². The number of amides is 2. The summed E-state index contributed by atoms with van der Waals surface area (Å²) in [6, 6.07) is 6.99. The predicted octanol–water partition coefficient (Wildman–Crippen LogP) is 4.94. The fourth-order valence-electron chi connectivity index (χ4n) is 2.74. The van der Waals surface area contributed by atoms with Gasteiger partial charge in [0.25, 0.3) is 11.8 Å². The second kappa shape index (κ2) is 8.52. The van der Waals surface area contributed by atoms with E-state index in [0.29, 0.717) is 11.1 Å². The molecule has 0 saturated carbocycles. The minimum atomic E-state index is -0.212. The van der Waals surface area contributed by atoms with Gasteiger partial charge in [-0.3, -0.25) is 9.59 Å². The third-order valence-corrected chi connectivity index (χ3v) is 4.05. The molecule has 1 heterocycles. The molecule has 3 heteroatoms. The molecule has 0 unspecified atom stereocenters. The molecule has 0 atom stereocenters. The van der Waals surface area contributed by atoms with E-state index >= 15 is 0 Å². The standard InChI is InChI=1S/C19H25NO2/c1-2-3-4-5-6-7-8-9-12-15-20-18(21)16-13-10-11-14-17(16)19(20)22/h10-15H,2-9H2,1H3. The molecule has 0 spiro atoms. The quantitative estimate of drug-likeness (QED) is 0.478. The Morgan fingerprint density at radius 2 is 1.41 bits per heavy atom. The van der Waals surface area contributed by atoms with Gasteiger partial charge in [0.1, 0.15) is 0 Å². The summed E-state index contributed by atoms with van der Waals surface area (Å²) in [5, 5.41) is 0. The molecule has 0 radical (unpaired) electrons. The monoisotopic (exact) mass is 299 g/mol. The average Bonchev–Trinajstić information content (AvgIpc) is 2.78. The van der Waals surface area contributed by atoms with E-state index in [-0.39, 0.29) is 11.8 Å². The third-order valence-electron chi connectivity index (χ3n) is 4.05. The molecule has 22 heavy (non-hydrogen) atoms. The molecule has 0 saturated heterocycles. The second-order valence-electron chi connectivity index (χ2n) is 5.82. The summed E-state index contributed by atoms with van der Waals surface area (Å²) >= 11 is 0. The average molecular weight is 299 g/mol. The molecule has 1 aromatic carbocycles. The van der Waals surface area contributed by atoms with Crippen LogP contribution in [-0.4, -0.2) is 16.7 Å². The number of hydrogen-bond donors (Lipinski definition) is 0. The van der Waals surface area contributed by atoms with Gasteiger partial charge in [0.05, 0.1) is 11.1 Å². The summed E-state index contributed by atoms with van der Waals surface area (Å²) in [7, 11) is 0. The summed E-state index contributed by atoms with van der Waals surface area (Å²) in [5.41, 5.74) is 1.01. The van der Waals surface area contributed by atoms with Gasteiger partial charge in [-0.2, -0.15) is 0 Å². The van der Waals surface area contributed by atoms with Gasteiger partial charge in [0, 0.05) is 6.20 Å². The number of benzene rings is 1. The molecule has 0 fully saturated rings. The number of carbonyl (C=O) groups is 2. The van der Waals surface area contributed by atoms with Crippen molar-refractivity contribution in [2.75, 3.05) is 0 Å². The van der Waals surface area contributed by atoms with Crippen LogP contribution in [-0.2, 0) is 0 Å². The van der Waals surface area contributed by atoms with Crippen LogP contribution < -0.4 is 0 Å². The lowest BCUT2D eigenvalue weighted by molar-refractivity contribution is 0.0721. The molecule has 1 aliphatic rings. The molecule has 3 nitrogen and oxygen atoms in total. The minimum absolute atomic E-state index is 0.212. The Hall–Kier alpha value is -1.90. The van der Waals surface area contributed by atoms with Crippen LogP contribution in [0.5, 0.6) is 0 Å². The Balaban J connectivity index is 1.71. The zero-order valence-electron chi connectivity index (χ0n) is 13.4. The summed E-state index contributed by atoms with van der Waals surface area (Å²) in [6.45, 7) is 2.23. The van der Waals surface area contributed by atoms with Gasteiger partial charge >= 0.3 is 0 Å². The second-order valence-corrected chi connectivity index (χ2v) is 5.82. The molecular formula is C19H25NO2. The molecule has 0 aliphatic carbocycles. The molecule has 118 valence electrons. The lowest BCUT2D eigenvalue weighted by Gasteiger charge is -2.06. The van der Waals surface area contributed by atoms with Gasteiger partial charge in [-0.25, -0.2) is 4.90 Å². The number of unbranched alkanes of at least 4 members (excludes halogenated alkanes) is 7. The predicted molar refractivity (Wildman–Crippen MR) is 88.7 cm³/mol. The first-order valence-electron chi connectivity index (χ1n) is 8.39. The van der Waals surface area contributed by atoms with Gasteiger partial charge < -0.3 is 0 Å². The molecule has 0 aromatic heterocycles. The highest BCUT2D eigenvalue weighted by Crippen LogP contribution is 2.22. The topological polar surface area (TPSA) is 37.4 Å². The first-order chi connectivity index (χ1) is 10.8. The SMILES string of the molecule is CCCCCCCCCC=CN1C(=O)c2ccccc2C1=O. The number of imide groups is 1. The van der Waals surface area contributed by atoms with Crippen LogP contribution >= 0.6 is 0 Å². The lowest BCUT2D eigenvalue weighted by atomic mass is 10.1. The van der Waals surface area contributed by atoms with E-state index in [1.165, 1.54) is 43.4 Å². The maximum atomic E-state index is 12.1. The summed E-state index contributed by atoms with van der Waals surface area (Å²) < 4.78 is 0. The maximum Gasteiger partial charge on any atom is 0.265 e. The Labute approximate surface area is 133 Å². The van der Waals surface area contributed by atoms with E-state index in [4.69, 9.17) is 0 Å². The molecule has 1 aliphatic heterocycles. The maximum absolute atomic E-state index is 12.1. The first-order valence-corrected chi connectivity index (χ1v) is 8.39. The Kier molecular flexibility index (Phi) is 6.38.